The van der Waals surface area contributed by atoms with E-state index in [0.717, 1.165) is 17.5 Å². The lowest BCUT2D eigenvalue weighted by atomic mass is 10.2. The average molecular weight is 236 g/mol. The maximum absolute atomic E-state index is 12.3. The van der Waals surface area contributed by atoms with E-state index in [1.54, 1.807) is 0 Å². The molecular formula is C9H11F3N2O2. The van der Waals surface area contributed by atoms with Crippen molar-refractivity contribution in [3.05, 3.63) is 22.1 Å². The zero-order valence-electron chi connectivity index (χ0n) is 8.38. The van der Waals surface area contributed by atoms with E-state index in [2.05, 4.69) is 0 Å². The van der Waals surface area contributed by atoms with Crippen molar-refractivity contribution in [3.63, 3.8) is 0 Å². The highest BCUT2D eigenvalue weighted by molar-refractivity contribution is 5.04. The normalized spacial score (nSPS) is 22.3. The van der Waals surface area contributed by atoms with Gasteiger partial charge in [-0.3, -0.25) is 9.89 Å². The number of nitrogens with zero attached hydrogens (tertiary/aromatic N) is 1. The molecule has 1 aliphatic heterocycles. The van der Waals surface area contributed by atoms with Crippen LogP contribution in [0.5, 0.6) is 0 Å². The van der Waals surface area contributed by atoms with Crippen molar-refractivity contribution in [1.82, 2.24) is 9.78 Å². The lowest BCUT2D eigenvalue weighted by Gasteiger charge is -2.22. The van der Waals surface area contributed by atoms with Crippen LogP contribution in [0, 0.1) is 0 Å². The fraction of sp³-hybridized carbons (Fsp3) is 0.667. The first-order valence-corrected chi connectivity index (χ1v) is 4.99. The van der Waals surface area contributed by atoms with Gasteiger partial charge in [0.05, 0.1) is 0 Å². The molecule has 7 heteroatoms. The Morgan fingerprint density at radius 1 is 1.44 bits per heavy atom. The molecule has 4 nitrogen and oxygen atoms in total. The third-order valence-corrected chi connectivity index (χ3v) is 2.50. The predicted molar refractivity (Wildman–Crippen MR) is 48.9 cm³/mol. The number of nitrogens with one attached hydrogen (secondary N) is 1. The van der Waals surface area contributed by atoms with Crippen LogP contribution in [-0.2, 0) is 10.9 Å². The van der Waals surface area contributed by atoms with Gasteiger partial charge in [-0.05, 0) is 19.3 Å². The Kier molecular flexibility index (Phi) is 2.79. The summed E-state index contributed by atoms with van der Waals surface area (Å²) < 4.78 is 43.1. The Balaban J connectivity index is 2.28. The molecule has 0 bridgehead atoms. The summed E-state index contributed by atoms with van der Waals surface area (Å²) in [6.07, 6.45) is -2.86. The second kappa shape index (κ2) is 3.97. The molecule has 2 rings (SSSR count). The smallest absolute Gasteiger partial charge is 0.356 e. The molecule has 0 radical (unpaired) electrons. The molecule has 0 aliphatic carbocycles. The Hall–Kier alpha value is -1.24. The van der Waals surface area contributed by atoms with E-state index in [9.17, 15) is 18.0 Å². The maximum Gasteiger partial charge on any atom is 0.432 e. The van der Waals surface area contributed by atoms with Gasteiger partial charge in [-0.15, -0.1) is 0 Å². The van der Waals surface area contributed by atoms with Gasteiger partial charge in [-0.25, -0.2) is 4.68 Å². The summed E-state index contributed by atoms with van der Waals surface area (Å²) in [5, 5.41) is 2.05. The Labute approximate surface area is 89.0 Å². The predicted octanol–water partition coefficient (Wildman–Crippen LogP) is 1.89. The molecule has 1 unspecified atom stereocenters. The highest BCUT2D eigenvalue weighted by atomic mass is 19.4. The fourth-order valence-electron chi connectivity index (χ4n) is 1.70. The van der Waals surface area contributed by atoms with Gasteiger partial charge in [0.1, 0.15) is 5.69 Å². The van der Waals surface area contributed by atoms with Crippen LogP contribution in [0.4, 0.5) is 13.2 Å². The van der Waals surface area contributed by atoms with E-state index < -0.39 is 23.7 Å². The standard InChI is InChI=1S/C9H11F3N2O2/c10-9(11,12)6-5-7(15)14(13-6)8-3-1-2-4-16-8/h5,8,13H,1-4H2. The maximum atomic E-state index is 12.3. The third-order valence-electron chi connectivity index (χ3n) is 2.50. The first-order chi connectivity index (χ1) is 7.48. The lowest BCUT2D eigenvalue weighted by molar-refractivity contribution is -0.142. The molecule has 0 spiro atoms. The molecule has 1 saturated heterocycles. The largest absolute Gasteiger partial charge is 0.432 e. The minimum Gasteiger partial charge on any atom is -0.356 e. The summed E-state index contributed by atoms with van der Waals surface area (Å²) in [7, 11) is 0. The van der Waals surface area contributed by atoms with Crippen molar-refractivity contribution in [2.24, 2.45) is 0 Å². The van der Waals surface area contributed by atoms with Crippen LogP contribution in [0.25, 0.3) is 0 Å². The number of rotatable bonds is 1. The molecule has 1 N–H and O–H groups in total. The molecule has 1 aliphatic rings. The Morgan fingerprint density at radius 2 is 2.19 bits per heavy atom. The number of aromatic nitrogens is 2. The third kappa shape index (κ3) is 2.13. The summed E-state index contributed by atoms with van der Waals surface area (Å²) >= 11 is 0. The van der Waals surface area contributed by atoms with E-state index in [0.29, 0.717) is 19.1 Å². The van der Waals surface area contributed by atoms with Crippen LogP contribution >= 0.6 is 0 Å². The fourth-order valence-corrected chi connectivity index (χ4v) is 1.70. The molecule has 90 valence electrons. The minimum absolute atomic E-state index is 0.470. The molecule has 1 atom stereocenters. The van der Waals surface area contributed by atoms with Crippen molar-refractivity contribution in [1.29, 1.82) is 0 Å². The summed E-state index contributed by atoms with van der Waals surface area (Å²) in [5.41, 5.74) is -1.74. The second-order valence-corrected chi connectivity index (χ2v) is 3.70. The zero-order valence-corrected chi connectivity index (χ0v) is 8.38. The van der Waals surface area contributed by atoms with E-state index in [4.69, 9.17) is 4.74 Å². The summed E-state index contributed by atoms with van der Waals surface area (Å²) in [6.45, 7) is 0.470. The first kappa shape index (κ1) is 11.3. The number of aromatic amines is 1. The summed E-state index contributed by atoms with van der Waals surface area (Å²) in [5.74, 6) is 0. The Morgan fingerprint density at radius 3 is 2.69 bits per heavy atom. The molecule has 1 aromatic rings. The van der Waals surface area contributed by atoms with Crippen molar-refractivity contribution in [2.75, 3.05) is 6.61 Å². The molecular weight excluding hydrogens is 225 g/mol. The van der Waals surface area contributed by atoms with Crippen molar-refractivity contribution in [3.8, 4) is 0 Å². The number of halogens is 3. The molecule has 0 saturated carbocycles. The molecule has 1 aromatic heterocycles. The molecule has 16 heavy (non-hydrogen) atoms. The number of hydrogen-bond donors (Lipinski definition) is 1. The average Bonchev–Trinajstić information content (AvgIpc) is 2.61. The van der Waals surface area contributed by atoms with Crippen molar-refractivity contribution < 1.29 is 17.9 Å². The zero-order chi connectivity index (χ0) is 11.8. The van der Waals surface area contributed by atoms with Crippen LogP contribution < -0.4 is 5.56 Å². The van der Waals surface area contributed by atoms with Crippen LogP contribution in [-0.4, -0.2) is 16.4 Å². The number of alkyl halides is 3. The van der Waals surface area contributed by atoms with Gasteiger partial charge in [0, 0.05) is 12.7 Å². The van der Waals surface area contributed by atoms with E-state index in [1.165, 1.54) is 0 Å². The van der Waals surface area contributed by atoms with Gasteiger partial charge < -0.3 is 4.74 Å². The van der Waals surface area contributed by atoms with Crippen LogP contribution in [0.15, 0.2) is 10.9 Å². The molecule has 0 amide bonds. The number of H-pyrrole nitrogens is 1. The number of ether oxygens (including phenoxy) is 1. The van der Waals surface area contributed by atoms with Gasteiger partial charge in [0.15, 0.2) is 6.23 Å². The minimum atomic E-state index is -4.53. The van der Waals surface area contributed by atoms with Gasteiger partial charge in [-0.1, -0.05) is 0 Å². The highest BCUT2D eigenvalue weighted by Gasteiger charge is 2.34. The Bertz CT molecular complexity index is 415. The SMILES string of the molecule is O=c1cc(C(F)(F)F)[nH]n1C1CCCCO1. The van der Waals surface area contributed by atoms with Gasteiger partial charge in [0.2, 0.25) is 0 Å². The van der Waals surface area contributed by atoms with Crippen molar-refractivity contribution in [2.45, 2.75) is 31.7 Å². The van der Waals surface area contributed by atoms with Crippen LogP contribution in [0.1, 0.15) is 31.2 Å². The van der Waals surface area contributed by atoms with Gasteiger partial charge in [0.25, 0.3) is 5.56 Å². The quantitative estimate of drug-likeness (QED) is 0.809. The van der Waals surface area contributed by atoms with Crippen molar-refractivity contribution >= 4 is 0 Å². The summed E-state index contributed by atoms with van der Waals surface area (Å²) in [6, 6.07) is 0.554. The molecule has 1 fully saturated rings. The van der Waals surface area contributed by atoms with E-state index >= 15 is 0 Å². The van der Waals surface area contributed by atoms with Gasteiger partial charge >= 0.3 is 6.18 Å². The molecule has 2 heterocycles. The van der Waals surface area contributed by atoms with E-state index in [-0.39, 0.29) is 0 Å². The van der Waals surface area contributed by atoms with Crippen LogP contribution in [0.2, 0.25) is 0 Å². The lowest BCUT2D eigenvalue weighted by Crippen LogP contribution is -2.27. The first-order valence-electron chi connectivity index (χ1n) is 4.99. The van der Waals surface area contributed by atoms with Gasteiger partial charge in [-0.2, -0.15) is 13.2 Å². The monoisotopic (exact) mass is 236 g/mol. The number of hydrogen-bond acceptors (Lipinski definition) is 2. The van der Waals surface area contributed by atoms with Crippen LogP contribution in [0.3, 0.4) is 0 Å². The topological polar surface area (TPSA) is 47.0 Å². The van der Waals surface area contributed by atoms with E-state index in [1.807, 2.05) is 5.10 Å². The second-order valence-electron chi connectivity index (χ2n) is 3.70. The highest BCUT2D eigenvalue weighted by Crippen LogP contribution is 2.28. The molecule has 0 aromatic carbocycles. The summed E-state index contributed by atoms with van der Waals surface area (Å²) in [4.78, 5) is 11.3.